The Hall–Kier alpha value is -1.29. The summed E-state index contributed by atoms with van der Waals surface area (Å²) in [5, 5.41) is 5.58. The lowest BCUT2D eigenvalue weighted by Gasteiger charge is -2.22. The number of rotatable bonds is 7. The zero-order valence-corrected chi connectivity index (χ0v) is 14.7. The Bertz CT molecular complexity index is 563. The number of para-hydroxylation sites is 1. The monoisotopic (exact) mass is 349 g/mol. The molecule has 0 aliphatic carbocycles. The van der Waals surface area contributed by atoms with Crippen LogP contribution in [0.5, 0.6) is 0 Å². The predicted molar refractivity (Wildman–Crippen MR) is 93.7 cm³/mol. The molecule has 21 heavy (non-hydrogen) atoms. The van der Waals surface area contributed by atoms with Gasteiger partial charge in [0.25, 0.3) is 0 Å². The number of alkyl halides is 1. The number of hydrogen-bond acceptors (Lipinski definition) is 2. The maximum atomic E-state index is 4.75. The van der Waals surface area contributed by atoms with Crippen LogP contribution in [0.15, 0.2) is 30.3 Å². The van der Waals surface area contributed by atoms with E-state index in [-0.39, 0.29) is 0 Å². The topological polar surface area (TPSA) is 21.1 Å². The first-order valence-corrected chi connectivity index (χ1v) is 8.72. The van der Waals surface area contributed by atoms with Gasteiger partial charge in [0.1, 0.15) is 5.82 Å². The number of anilines is 1. The lowest BCUT2D eigenvalue weighted by atomic mass is 10.2. The van der Waals surface area contributed by atoms with Crippen LogP contribution >= 0.6 is 15.9 Å². The molecule has 1 aromatic carbocycles. The van der Waals surface area contributed by atoms with Crippen LogP contribution in [0.1, 0.15) is 37.4 Å². The summed E-state index contributed by atoms with van der Waals surface area (Å²) in [5.41, 5.74) is 3.48. The molecule has 0 amide bonds. The number of nitrogens with zero attached hydrogens (tertiary/aromatic N) is 3. The molecule has 4 heteroatoms. The minimum absolute atomic E-state index is 0.832. The number of benzene rings is 1. The fourth-order valence-electron chi connectivity index (χ4n) is 2.55. The molecular weight excluding hydrogens is 326 g/mol. The van der Waals surface area contributed by atoms with Crippen molar-refractivity contribution in [1.82, 2.24) is 9.78 Å². The van der Waals surface area contributed by atoms with E-state index in [2.05, 4.69) is 70.7 Å². The van der Waals surface area contributed by atoms with Crippen LogP contribution in [0, 0.1) is 6.92 Å². The van der Waals surface area contributed by atoms with E-state index in [1.54, 1.807) is 0 Å². The zero-order valence-electron chi connectivity index (χ0n) is 13.1. The fourth-order valence-corrected chi connectivity index (χ4v) is 3.21. The Balaban J connectivity index is 2.37. The number of unbranched alkanes of at least 4 members (excludes halogenated alkanes) is 2. The van der Waals surface area contributed by atoms with Crippen LogP contribution in [0.2, 0.25) is 0 Å². The molecule has 0 fully saturated rings. The molecule has 1 aromatic heterocycles. The van der Waals surface area contributed by atoms with Gasteiger partial charge in [-0.15, -0.1) is 0 Å². The molecule has 0 aliphatic rings. The minimum Gasteiger partial charge on any atom is -0.359 e. The smallest absolute Gasteiger partial charge is 0.136 e. The van der Waals surface area contributed by atoms with E-state index in [9.17, 15) is 0 Å². The van der Waals surface area contributed by atoms with E-state index in [4.69, 9.17) is 5.10 Å². The molecule has 0 aliphatic heterocycles. The summed E-state index contributed by atoms with van der Waals surface area (Å²) in [7, 11) is 2.16. The second-order valence-corrected chi connectivity index (χ2v) is 5.96. The van der Waals surface area contributed by atoms with Crippen LogP contribution in [0.4, 0.5) is 5.82 Å². The largest absolute Gasteiger partial charge is 0.359 e. The number of hydrogen-bond donors (Lipinski definition) is 0. The van der Waals surface area contributed by atoms with Crippen molar-refractivity contribution in [3.63, 3.8) is 0 Å². The summed E-state index contributed by atoms with van der Waals surface area (Å²) in [6, 6.07) is 10.4. The summed E-state index contributed by atoms with van der Waals surface area (Å²) in [6.07, 6.45) is 3.73. The molecule has 0 radical (unpaired) electrons. The van der Waals surface area contributed by atoms with Gasteiger partial charge in [-0.1, -0.05) is 53.9 Å². The van der Waals surface area contributed by atoms with Crippen LogP contribution in [0.25, 0.3) is 5.69 Å². The second-order valence-electron chi connectivity index (χ2n) is 5.40. The maximum absolute atomic E-state index is 4.75. The van der Waals surface area contributed by atoms with Crippen molar-refractivity contribution >= 4 is 21.7 Å². The second kappa shape index (κ2) is 7.64. The highest BCUT2D eigenvalue weighted by molar-refractivity contribution is 9.08. The summed E-state index contributed by atoms with van der Waals surface area (Å²) in [5.74, 6) is 1.20. The van der Waals surface area contributed by atoms with Gasteiger partial charge in [0.15, 0.2) is 0 Å². The highest BCUT2D eigenvalue weighted by atomic mass is 79.9. The van der Waals surface area contributed by atoms with Crippen molar-refractivity contribution in [3.05, 3.63) is 41.6 Å². The molecule has 0 unspecified atom stereocenters. The molecule has 0 N–H and O–H groups in total. The molecule has 0 spiro atoms. The lowest BCUT2D eigenvalue weighted by molar-refractivity contribution is 0.691. The van der Waals surface area contributed by atoms with Crippen molar-refractivity contribution in [2.45, 2.75) is 38.4 Å². The SMILES string of the molecule is CCCCCN(C)c1c(CBr)c(C)nn1-c1ccccc1. The first kappa shape index (κ1) is 16.1. The molecular formula is C17H24BrN3. The van der Waals surface area contributed by atoms with E-state index in [0.29, 0.717) is 0 Å². The van der Waals surface area contributed by atoms with Crippen molar-refractivity contribution in [2.75, 3.05) is 18.5 Å². The van der Waals surface area contributed by atoms with E-state index in [1.165, 1.54) is 30.6 Å². The van der Waals surface area contributed by atoms with Gasteiger partial charge in [-0.2, -0.15) is 5.10 Å². The Labute approximate surface area is 136 Å². The quantitative estimate of drug-likeness (QED) is 0.533. The zero-order chi connectivity index (χ0) is 15.2. The van der Waals surface area contributed by atoms with Crippen molar-refractivity contribution in [1.29, 1.82) is 0 Å². The molecule has 114 valence electrons. The van der Waals surface area contributed by atoms with E-state index in [1.807, 2.05) is 6.07 Å². The van der Waals surface area contributed by atoms with Gasteiger partial charge in [-0.05, 0) is 25.5 Å². The van der Waals surface area contributed by atoms with Gasteiger partial charge in [-0.3, -0.25) is 0 Å². The number of halogens is 1. The maximum Gasteiger partial charge on any atom is 0.136 e. The first-order chi connectivity index (χ1) is 10.2. The summed E-state index contributed by atoms with van der Waals surface area (Å²) < 4.78 is 2.07. The minimum atomic E-state index is 0.832. The Kier molecular flexibility index (Phi) is 5.85. The molecule has 2 rings (SSSR count). The van der Waals surface area contributed by atoms with Gasteiger partial charge in [0.2, 0.25) is 0 Å². The standard InChI is InChI=1S/C17H24BrN3/c1-4-5-9-12-20(3)17-16(13-18)14(2)19-21(17)15-10-7-6-8-11-15/h6-8,10-11H,4-5,9,12-13H2,1-3H3. The molecule has 3 nitrogen and oxygen atoms in total. The van der Waals surface area contributed by atoms with Gasteiger partial charge >= 0.3 is 0 Å². The van der Waals surface area contributed by atoms with Crippen molar-refractivity contribution < 1.29 is 0 Å². The average Bonchev–Trinajstić information content (AvgIpc) is 2.85. The number of aromatic nitrogens is 2. The highest BCUT2D eigenvalue weighted by Gasteiger charge is 2.18. The van der Waals surface area contributed by atoms with Gasteiger partial charge in [-0.25, -0.2) is 4.68 Å². The molecule has 1 heterocycles. The molecule has 0 bridgehead atoms. The average molecular weight is 350 g/mol. The fraction of sp³-hybridized carbons (Fsp3) is 0.471. The predicted octanol–water partition coefficient (Wildman–Crippen LogP) is 4.70. The van der Waals surface area contributed by atoms with E-state index < -0.39 is 0 Å². The lowest BCUT2D eigenvalue weighted by Crippen LogP contribution is -2.22. The van der Waals surface area contributed by atoms with Crippen LogP contribution < -0.4 is 4.90 Å². The van der Waals surface area contributed by atoms with Crippen LogP contribution in [-0.4, -0.2) is 23.4 Å². The normalized spacial score (nSPS) is 10.9. The van der Waals surface area contributed by atoms with Crippen molar-refractivity contribution in [2.24, 2.45) is 0 Å². The molecule has 0 atom stereocenters. The third kappa shape index (κ3) is 3.67. The molecule has 2 aromatic rings. The number of aryl methyl sites for hydroxylation is 1. The Morgan fingerprint density at radius 1 is 1.19 bits per heavy atom. The highest BCUT2D eigenvalue weighted by Crippen LogP contribution is 2.28. The van der Waals surface area contributed by atoms with Gasteiger partial charge in [0.05, 0.1) is 11.4 Å². The summed E-state index contributed by atoms with van der Waals surface area (Å²) >= 11 is 3.62. The van der Waals surface area contributed by atoms with E-state index in [0.717, 1.165) is 23.3 Å². The summed E-state index contributed by atoms with van der Waals surface area (Å²) in [6.45, 7) is 5.38. The first-order valence-electron chi connectivity index (χ1n) is 7.60. The van der Waals surface area contributed by atoms with Gasteiger partial charge in [0, 0.05) is 24.5 Å². The Morgan fingerprint density at radius 3 is 2.52 bits per heavy atom. The van der Waals surface area contributed by atoms with Crippen LogP contribution in [0.3, 0.4) is 0 Å². The molecule has 0 saturated heterocycles. The van der Waals surface area contributed by atoms with Crippen LogP contribution in [-0.2, 0) is 5.33 Å². The summed E-state index contributed by atoms with van der Waals surface area (Å²) in [4.78, 5) is 2.33. The van der Waals surface area contributed by atoms with E-state index >= 15 is 0 Å². The van der Waals surface area contributed by atoms with Gasteiger partial charge < -0.3 is 4.90 Å². The van der Waals surface area contributed by atoms with Crippen molar-refractivity contribution in [3.8, 4) is 5.69 Å². The third-order valence-electron chi connectivity index (χ3n) is 3.75. The molecule has 0 saturated carbocycles. The Morgan fingerprint density at radius 2 is 1.90 bits per heavy atom. The third-order valence-corrected chi connectivity index (χ3v) is 4.31.